The van der Waals surface area contributed by atoms with Crippen LogP contribution < -0.4 is 24.3 Å². The lowest BCUT2D eigenvalue weighted by Crippen LogP contribution is -2.28. The summed E-state index contributed by atoms with van der Waals surface area (Å²) < 4.78 is 23.7. The number of hydrogen-bond acceptors (Lipinski definition) is 8. The largest absolute Gasteiger partial charge is 0.493 e. The predicted octanol–water partition coefficient (Wildman–Crippen LogP) is 6.41. The first-order chi connectivity index (χ1) is 20.9. The Balaban J connectivity index is 1.42. The van der Waals surface area contributed by atoms with Crippen LogP contribution in [0.25, 0.3) is 11.1 Å². The molecule has 0 spiro atoms. The normalized spacial score (nSPS) is 14.5. The third kappa shape index (κ3) is 6.86. The number of rotatable bonds is 12. The van der Waals surface area contributed by atoms with E-state index in [-0.39, 0.29) is 25.4 Å². The van der Waals surface area contributed by atoms with Gasteiger partial charge in [-0.15, -0.1) is 0 Å². The quantitative estimate of drug-likeness (QED) is 0.192. The molecule has 4 aromatic rings. The third-order valence-corrected chi connectivity index (χ3v) is 7.82. The van der Waals surface area contributed by atoms with Gasteiger partial charge in [0.25, 0.3) is 0 Å². The SMILES string of the molecule is COc1ccc(-c2cccc3c2CC[C@@H]3Oc2cc(OCc3cncc(C#N)c3)c(CN[C@H](C)CO)cc2Cl)cc1OC. The van der Waals surface area contributed by atoms with Gasteiger partial charge >= 0.3 is 0 Å². The van der Waals surface area contributed by atoms with Crippen LogP contribution in [-0.2, 0) is 19.6 Å². The molecule has 2 atom stereocenters. The molecule has 1 aromatic heterocycles. The Morgan fingerprint density at radius 3 is 2.65 bits per heavy atom. The number of halogens is 1. The smallest absolute Gasteiger partial charge is 0.161 e. The maximum atomic E-state index is 9.48. The van der Waals surface area contributed by atoms with Gasteiger partial charge in [0.2, 0.25) is 0 Å². The van der Waals surface area contributed by atoms with E-state index in [1.165, 1.54) is 11.8 Å². The molecule has 0 fully saturated rings. The van der Waals surface area contributed by atoms with Gasteiger partial charge in [-0.1, -0.05) is 35.9 Å². The van der Waals surface area contributed by atoms with E-state index in [2.05, 4.69) is 28.5 Å². The van der Waals surface area contributed by atoms with Gasteiger partial charge in [0.15, 0.2) is 11.5 Å². The van der Waals surface area contributed by atoms with Crippen molar-refractivity contribution in [3.05, 3.63) is 99.8 Å². The van der Waals surface area contributed by atoms with Crippen molar-refractivity contribution in [1.82, 2.24) is 10.3 Å². The van der Waals surface area contributed by atoms with Crippen molar-refractivity contribution in [2.75, 3.05) is 20.8 Å². The summed E-state index contributed by atoms with van der Waals surface area (Å²) in [5.74, 6) is 2.48. The minimum atomic E-state index is -0.185. The molecule has 0 bridgehead atoms. The molecule has 1 heterocycles. The molecule has 0 saturated carbocycles. The van der Waals surface area contributed by atoms with Gasteiger partial charge < -0.3 is 29.4 Å². The second-order valence-corrected chi connectivity index (χ2v) is 10.8. The molecule has 5 rings (SSSR count). The summed E-state index contributed by atoms with van der Waals surface area (Å²) in [5.41, 5.74) is 6.59. The number of fused-ring (bicyclic) bond motifs is 1. The van der Waals surface area contributed by atoms with Gasteiger partial charge in [0, 0.05) is 42.2 Å². The van der Waals surface area contributed by atoms with Crippen molar-refractivity contribution in [2.45, 2.75) is 45.1 Å². The highest BCUT2D eigenvalue weighted by molar-refractivity contribution is 6.32. The monoisotopic (exact) mass is 599 g/mol. The van der Waals surface area contributed by atoms with E-state index in [9.17, 15) is 10.4 Å². The van der Waals surface area contributed by atoms with E-state index in [1.807, 2.05) is 43.3 Å². The van der Waals surface area contributed by atoms with E-state index in [0.29, 0.717) is 40.1 Å². The molecule has 43 heavy (non-hydrogen) atoms. The number of aliphatic hydroxyl groups excluding tert-OH is 1. The number of methoxy groups -OCH3 is 2. The molecule has 9 heteroatoms. The molecule has 0 saturated heterocycles. The summed E-state index contributed by atoms with van der Waals surface area (Å²) in [5, 5.41) is 22.5. The maximum absolute atomic E-state index is 9.48. The fourth-order valence-corrected chi connectivity index (χ4v) is 5.47. The molecule has 3 aromatic carbocycles. The third-order valence-electron chi connectivity index (χ3n) is 7.53. The van der Waals surface area contributed by atoms with Crippen molar-refractivity contribution in [2.24, 2.45) is 0 Å². The number of nitrogens with zero attached hydrogens (tertiary/aromatic N) is 2. The highest BCUT2D eigenvalue weighted by Crippen LogP contribution is 2.44. The molecule has 2 N–H and O–H groups in total. The Kier molecular flexibility index (Phi) is 9.68. The van der Waals surface area contributed by atoms with Crippen LogP contribution in [0.5, 0.6) is 23.0 Å². The summed E-state index contributed by atoms with van der Waals surface area (Å²) in [4.78, 5) is 4.13. The van der Waals surface area contributed by atoms with E-state index >= 15 is 0 Å². The molecule has 0 unspecified atom stereocenters. The maximum Gasteiger partial charge on any atom is 0.161 e. The Labute approximate surface area is 256 Å². The van der Waals surface area contributed by atoms with Crippen molar-refractivity contribution >= 4 is 11.6 Å². The zero-order valence-corrected chi connectivity index (χ0v) is 25.1. The van der Waals surface area contributed by atoms with Gasteiger partial charge in [-0.3, -0.25) is 4.98 Å². The molecule has 1 aliphatic rings. The average Bonchev–Trinajstić information content (AvgIpc) is 3.46. The molecule has 0 amide bonds. The number of nitrogens with one attached hydrogen (secondary N) is 1. The molecule has 0 radical (unpaired) electrons. The summed E-state index contributed by atoms with van der Waals surface area (Å²) in [6, 6.07) is 19.6. The second-order valence-electron chi connectivity index (χ2n) is 10.4. The topological polar surface area (TPSA) is 106 Å². The van der Waals surface area contributed by atoms with Crippen LogP contribution in [0.15, 0.2) is 67.0 Å². The first kappa shape index (κ1) is 30.2. The van der Waals surface area contributed by atoms with Crippen LogP contribution in [0.4, 0.5) is 0 Å². The van der Waals surface area contributed by atoms with E-state index in [4.69, 9.17) is 30.5 Å². The minimum absolute atomic E-state index is 0.00409. The summed E-state index contributed by atoms with van der Waals surface area (Å²) in [6.45, 7) is 2.55. The van der Waals surface area contributed by atoms with Gasteiger partial charge in [0.1, 0.15) is 30.3 Å². The van der Waals surface area contributed by atoms with Crippen LogP contribution in [0.2, 0.25) is 5.02 Å². The zero-order valence-electron chi connectivity index (χ0n) is 24.4. The lowest BCUT2D eigenvalue weighted by Gasteiger charge is -2.20. The van der Waals surface area contributed by atoms with Crippen LogP contribution in [-0.4, -0.2) is 37.0 Å². The fourth-order valence-electron chi connectivity index (χ4n) is 5.24. The molecular formula is C34H34ClN3O5. The zero-order chi connectivity index (χ0) is 30.3. The second kappa shape index (κ2) is 13.8. The Morgan fingerprint density at radius 2 is 1.88 bits per heavy atom. The highest BCUT2D eigenvalue weighted by Gasteiger charge is 2.28. The number of hydrogen-bond donors (Lipinski definition) is 2. The van der Waals surface area contributed by atoms with Crippen molar-refractivity contribution in [1.29, 1.82) is 5.26 Å². The molecule has 8 nitrogen and oxygen atoms in total. The first-order valence-corrected chi connectivity index (χ1v) is 14.5. The number of ether oxygens (including phenoxy) is 4. The van der Waals surface area contributed by atoms with E-state index in [0.717, 1.165) is 40.7 Å². The van der Waals surface area contributed by atoms with Crippen molar-refractivity contribution < 1.29 is 24.1 Å². The van der Waals surface area contributed by atoms with Gasteiger partial charge in [0.05, 0.1) is 31.4 Å². The lowest BCUT2D eigenvalue weighted by atomic mass is 9.96. The van der Waals surface area contributed by atoms with Crippen LogP contribution in [0, 0.1) is 11.3 Å². The van der Waals surface area contributed by atoms with E-state index in [1.54, 1.807) is 26.5 Å². The summed E-state index contributed by atoms with van der Waals surface area (Å²) in [6.07, 6.45) is 4.66. The summed E-state index contributed by atoms with van der Waals surface area (Å²) in [7, 11) is 3.26. The van der Waals surface area contributed by atoms with Crippen LogP contribution in [0.3, 0.4) is 0 Å². The van der Waals surface area contributed by atoms with Crippen molar-refractivity contribution in [3.63, 3.8) is 0 Å². The molecule has 0 aliphatic heterocycles. The number of pyridine rings is 1. The molecular weight excluding hydrogens is 566 g/mol. The Morgan fingerprint density at radius 1 is 1.05 bits per heavy atom. The van der Waals surface area contributed by atoms with Crippen molar-refractivity contribution in [3.8, 4) is 40.2 Å². The number of benzene rings is 3. The van der Waals surface area contributed by atoms with Gasteiger partial charge in [-0.25, -0.2) is 0 Å². The molecule has 222 valence electrons. The first-order valence-electron chi connectivity index (χ1n) is 14.1. The number of aliphatic hydroxyl groups is 1. The van der Waals surface area contributed by atoms with Crippen LogP contribution in [0.1, 0.15) is 47.3 Å². The van der Waals surface area contributed by atoms with Crippen LogP contribution >= 0.6 is 11.6 Å². The summed E-state index contributed by atoms with van der Waals surface area (Å²) >= 11 is 6.77. The van der Waals surface area contributed by atoms with Gasteiger partial charge in [-0.2, -0.15) is 5.26 Å². The number of aromatic nitrogens is 1. The number of nitriles is 1. The highest BCUT2D eigenvalue weighted by atomic mass is 35.5. The molecule has 1 aliphatic carbocycles. The fraction of sp³-hybridized carbons (Fsp3) is 0.294. The standard InChI is InChI=1S/C34H34ClN3O5/c1-21(19-39)38-18-25-12-29(35)33(14-32(25)42-20-23-11-22(15-36)16-37-17-23)43-30-10-8-27-26(5-4-6-28(27)30)24-7-9-31(40-2)34(13-24)41-3/h4-7,9,11-14,16-17,21,30,38-39H,8,10,18-20H2,1-3H3/t21-,30+/m1/s1. The Bertz CT molecular complexity index is 1640. The average molecular weight is 600 g/mol. The minimum Gasteiger partial charge on any atom is -0.493 e. The van der Waals surface area contributed by atoms with E-state index < -0.39 is 0 Å². The lowest BCUT2D eigenvalue weighted by molar-refractivity contribution is 0.205. The predicted molar refractivity (Wildman–Crippen MR) is 165 cm³/mol. The Hall–Kier alpha value is -4.29. The van der Waals surface area contributed by atoms with Gasteiger partial charge in [-0.05, 0) is 66.3 Å².